The summed E-state index contributed by atoms with van der Waals surface area (Å²) in [6.45, 7) is 0.140. The van der Waals surface area contributed by atoms with E-state index >= 15 is 8.78 Å². The second kappa shape index (κ2) is 9.36. The minimum atomic E-state index is -1.05. The van der Waals surface area contributed by atoms with Crippen LogP contribution in [0, 0.1) is 17.6 Å². The van der Waals surface area contributed by atoms with Crippen LogP contribution in [-0.2, 0) is 17.0 Å². The standard InChI is InChI=1S/C29H26F2N4O4S/c30-20-10-18(17-9-14-3-1-2-4-23(14)40-13-19(17)25(20)31)21-11-22(36)27(37)26-29(39)34-12-15(28(38)32-16-6-7-16)5-8-24(34)33-35(21)26/h1-4,10-11,15-16,24,33,37H,5-9,12-13H2,(H,32,38)/t15?,24-/m0/s1. The Morgan fingerprint density at radius 1 is 1.07 bits per heavy atom. The van der Waals surface area contributed by atoms with Crippen LogP contribution >= 0.6 is 11.8 Å². The van der Waals surface area contributed by atoms with Gasteiger partial charge in [0.25, 0.3) is 5.91 Å². The number of amides is 2. The van der Waals surface area contributed by atoms with E-state index < -0.39 is 40.8 Å². The van der Waals surface area contributed by atoms with Gasteiger partial charge in [0.15, 0.2) is 23.1 Å². The summed E-state index contributed by atoms with van der Waals surface area (Å²) in [6, 6.07) is 10.0. The first-order chi connectivity index (χ1) is 19.3. The van der Waals surface area contributed by atoms with E-state index in [9.17, 15) is 19.5 Å². The lowest BCUT2D eigenvalue weighted by atomic mass is 9.92. The lowest BCUT2D eigenvalue weighted by Crippen LogP contribution is -2.59. The van der Waals surface area contributed by atoms with Gasteiger partial charge in [-0.3, -0.25) is 14.4 Å². The van der Waals surface area contributed by atoms with E-state index in [0.717, 1.165) is 35.4 Å². The first-order valence-corrected chi connectivity index (χ1v) is 14.4. The Labute approximate surface area is 232 Å². The van der Waals surface area contributed by atoms with Gasteiger partial charge in [0.1, 0.15) is 6.17 Å². The van der Waals surface area contributed by atoms with Gasteiger partial charge >= 0.3 is 0 Å². The third-order valence-electron chi connectivity index (χ3n) is 8.23. The molecule has 0 spiro atoms. The first kappa shape index (κ1) is 25.1. The van der Waals surface area contributed by atoms with Gasteiger partial charge in [-0.15, -0.1) is 11.8 Å². The molecule has 40 heavy (non-hydrogen) atoms. The van der Waals surface area contributed by atoms with Crippen molar-refractivity contribution < 1.29 is 23.5 Å². The minimum Gasteiger partial charge on any atom is -0.502 e. The number of halogens is 2. The Morgan fingerprint density at radius 3 is 2.67 bits per heavy atom. The number of piperidine rings is 1. The molecule has 7 rings (SSSR count). The van der Waals surface area contributed by atoms with Crippen molar-refractivity contribution in [3.05, 3.63) is 80.6 Å². The fourth-order valence-electron chi connectivity index (χ4n) is 5.93. The molecule has 3 aliphatic heterocycles. The first-order valence-electron chi connectivity index (χ1n) is 13.4. The number of hydrogen-bond donors (Lipinski definition) is 3. The molecule has 3 aromatic rings. The highest BCUT2D eigenvalue weighted by molar-refractivity contribution is 7.98. The summed E-state index contributed by atoms with van der Waals surface area (Å²) in [6.07, 6.45) is 2.71. The lowest BCUT2D eigenvalue weighted by molar-refractivity contribution is -0.126. The number of aromatic hydroxyl groups is 1. The van der Waals surface area contributed by atoms with E-state index in [1.165, 1.54) is 21.3 Å². The number of fused-ring (bicyclic) bond motifs is 4. The molecule has 0 bridgehead atoms. The van der Waals surface area contributed by atoms with Gasteiger partial charge in [-0.2, -0.15) is 0 Å². The van der Waals surface area contributed by atoms with Gasteiger partial charge in [0.2, 0.25) is 11.3 Å². The van der Waals surface area contributed by atoms with Crippen LogP contribution < -0.4 is 16.2 Å². The third-order valence-corrected chi connectivity index (χ3v) is 9.37. The van der Waals surface area contributed by atoms with Crippen molar-refractivity contribution in [1.29, 1.82) is 0 Å². The highest BCUT2D eigenvalue weighted by Gasteiger charge is 2.42. The summed E-state index contributed by atoms with van der Waals surface area (Å²) < 4.78 is 31.5. The summed E-state index contributed by atoms with van der Waals surface area (Å²) in [4.78, 5) is 41.8. The molecule has 2 atom stereocenters. The monoisotopic (exact) mass is 564 g/mol. The molecule has 206 valence electrons. The zero-order valence-electron chi connectivity index (χ0n) is 21.4. The second-order valence-electron chi connectivity index (χ2n) is 10.8. The van der Waals surface area contributed by atoms with E-state index in [2.05, 4.69) is 10.7 Å². The Kier molecular flexibility index (Phi) is 5.88. The maximum absolute atomic E-state index is 15.1. The van der Waals surface area contributed by atoms with Gasteiger partial charge < -0.3 is 20.7 Å². The molecule has 1 saturated heterocycles. The number of carbonyl (C=O) groups excluding carboxylic acids is 2. The number of aromatic nitrogens is 1. The summed E-state index contributed by atoms with van der Waals surface area (Å²) >= 11 is 1.41. The molecule has 0 radical (unpaired) electrons. The fourth-order valence-corrected chi connectivity index (χ4v) is 7.03. The molecule has 1 unspecified atom stereocenters. The van der Waals surface area contributed by atoms with Crippen LogP contribution in [0.3, 0.4) is 0 Å². The number of hydrogen-bond acceptors (Lipinski definition) is 6. The molecule has 1 aromatic heterocycles. The largest absolute Gasteiger partial charge is 0.502 e. The SMILES string of the molecule is O=C(NC1CC1)C1CC[C@H]2Nn3c(-c4cc(F)c(F)c5c4Cc4ccccc4SC5)cc(=O)c(O)c3C(=O)N2C1. The van der Waals surface area contributed by atoms with E-state index in [0.29, 0.717) is 24.8 Å². The third kappa shape index (κ3) is 4.06. The van der Waals surface area contributed by atoms with Crippen molar-refractivity contribution in [3.63, 3.8) is 0 Å². The van der Waals surface area contributed by atoms with Crippen LogP contribution in [-0.4, -0.2) is 45.2 Å². The molecule has 2 amide bonds. The van der Waals surface area contributed by atoms with Crippen LogP contribution in [0.2, 0.25) is 0 Å². The molecular formula is C29H26F2N4O4S. The maximum Gasteiger partial charge on any atom is 0.278 e. The fraction of sp³-hybridized carbons (Fsp3) is 0.345. The molecule has 2 fully saturated rings. The Morgan fingerprint density at radius 2 is 1.88 bits per heavy atom. The zero-order chi connectivity index (χ0) is 27.7. The average Bonchev–Trinajstić information content (AvgIpc) is 3.78. The van der Waals surface area contributed by atoms with E-state index in [1.54, 1.807) is 0 Å². The lowest BCUT2D eigenvalue weighted by Gasteiger charge is -2.44. The van der Waals surface area contributed by atoms with Crippen LogP contribution in [0.5, 0.6) is 5.75 Å². The van der Waals surface area contributed by atoms with E-state index in [4.69, 9.17) is 0 Å². The molecular weight excluding hydrogens is 538 g/mol. The summed E-state index contributed by atoms with van der Waals surface area (Å²) in [7, 11) is 0. The normalized spacial score (nSPS) is 21.4. The molecule has 8 nitrogen and oxygen atoms in total. The molecule has 3 N–H and O–H groups in total. The van der Waals surface area contributed by atoms with Gasteiger partial charge in [-0.1, -0.05) is 18.2 Å². The molecule has 4 aliphatic rings. The maximum atomic E-state index is 15.1. The smallest absolute Gasteiger partial charge is 0.278 e. The van der Waals surface area contributed by atoms with Crippen LogP contribution in [0.15, 0.2) is 46.1 Å². The van der Waals surface area contributed by atoms with Crippen molar-refractivity contribution in [2.75, 3.05) is 12.0 Å². The van der Waals surface area contributed by atoms with Gasteiger partial charge in [-0.25, -0.2) is 13.5 Å². The number of carbonyl (C=O) groups is 2. The van der Waals surface area contributed by atoms with E-state index in [1.807, 2.05) is 24.3 Å². The molecule has 11 heteroatoms. The van der Waals surface area contributed by atoms with Crippen molar-refractivity contribution >= 4 is 23.6 Å². The summed E-state index contributed by atoms with van der Waals surface area (Å²) in [5.41, 5.74) is 4.23. The quantitative estimate of drug-likeness (QED) is 0.448. The second-order valence-corrected chi connectivity index (χ2v) is 11.9. The zero-order valence-corrected chi connectivity index (χ0v) is 22.2. The highest BCUT2D eigenvalue weighted by Crippen LogP contribution is 2.41. The predicted molar refractivity (Wildman–Crippen MR) is 145 cm³/mol. The molecule has 4 heterocycles. The summed E-state index contributed by atoms with van der Waals surface area (Å²) in [5.74, 6) is -3.62. The highest BCUT2D eigenvalue weighted by atomic mass is 32.2. The van der Waals surface area contributed by atoms with Crippen LogP contribution in [0.4, 0.5) is 8.78 Å². The van der Waals surface area contributed by atoms with E-state index in [-0.39, 0.29) is 46.8 Å². The number of nitrogens with one attached hydrogen (secondary N) is 2. The number of thioether (sulfide) groups is 1. The Hall–Kier alpha value is -3.86. The molecule has 2 aromatic carbocycles. The van der Waals surface area contributed by atoms with Crippen molar-refractivity contribution in [3.8, 4) is 17.0 Å². The molecule has 1 saturated carbocycles. The number of benzene rings is 2. The van der Waals surface area contributed by atoms with Crippen LogP contribution in [0.25, 0.3) is 11.3 Å². The van der Waals surface area contributed by atoms with Gasteiger partial charge in [0, 0.05) is 40.4 Å². The number of nitrogens with zero attached hydrogens (tertiary/aromatic N) is 2. The van der Waals surface area contributed by atoms with Crippen molar-refractivity contribution in [2.45, 2.75) is 55.0 Å². The van der Waals surface area contributed by atoms with Crippen molar-refractivity contribution in [2.24, 2.45) is 5.92 Å². The predicted octanol–water partition coefficient (Wildman–Crippen LogP) is 3.71. The van der Waals surface area contributed by atoms with Crippen LogP contribution in [0.1, 0.15) is 52.9 Å². The van der Waals surface area contributed by atoms with Gasteiger partial charge in [0.05, 0.1) is 11.6 Å². The number of rotatable bonds is 3. The number of pyridine rings is 1. The Balaban J connectivity index is 1.34. The summed E-state index contributed by atoms with van der Waals surface area (Å²) in [5, 5.41) is 13.7. The van der Waals surface area contributed by atoms with Crippen molar-refractivity contribution in [1.82, 2.24) is 14.9 Å². The minimum absolute atomic E-state index is 0.0997. The average molecular weight is 565 g/mol. The molecule has 1 aliphatic carbocycles. The Bertz CT molecular complexity index is 1650. The van der Waals surface area contributed by atoms with Gasteiger partial charge in [-0.05, 0) is 55.4 Å². The topological polar surface area (TPSA) is 104 Å².